The number of hydrogen-bond acceptors (Lipinski definition) is 6. The van der Waals surface area contributed by atoms with Gasteiger partial charge in [0.25, 0.3) is 0 Å². The second-order valence-electron chi connectivity index (χ2n) is 7.23. The summed E-state index contributed by atoms with van der Waals surface area (Å²) in [7, 11) is -3.51. The quantitative estimate of drug-likeness (QED) is 0.743. The van der Waals surface area contributed by atoms with Gasteiger partial charge in [-0.15, -0.1) is 0 Å². The molecule has 8 nitrogen and oxygen atoms in total. The summed E-state index contributed by atoms with van der Waals surface area (Å²) in [5.41, 5.74) is 2.47. The van der Waals surface area contributed by atoms with Crippen molar-refractivity contribution in [2.75, 3.05) is 39.9 Å². The van der Waals surface area contributed by atoms with Gasteiger partial charge in [0.2, 0.25) is 10.0 Å². The van der Waals surface area contributed by atoms with Crippen LogP contribution in [-0.2, 0) is 10.0 Å². The maximum atomic E-state index is 11.8. The molecule has 1 aliphatic heterocycles. The zero-order valence-electron chi connectivity index (χ0n) is 16.8. The van der Waals surface area contributed by atoms with E-state index in [1.54, 1.807) is 0 Å². The van der Waals surface area contributed by atoms with Gasteiger partial charge in [0.15, 0.2) is 0 Å². The molecule has 0 aliphatic carbocycles. The van der Waals surface area contributed by atoms with Crippen molar-refractivity contribution in [2.24, 2.45) is 0 Å². The Morgan fingerprint density at radius 1 is 1.31 bits per heavy atom. The highest BCUT2D eigenvalue weighted by atomic mass is 32.2. The van der Waals surface area contributed by atoms with Crippen molar-refractivity contribution < 1.29 is 18.3 Å². The second-order valence-corrected chi connectivity index (χ2v) is 9.24. The van der Waals surface area contributed by atoms with Crippen LogP contribution in [0.2, 0.25) is 0 Å². The fourth-order valence-electron chi connectivity index (χ4n) is 3.51. The summed E-state index contributed by atoms with van der Waals surface area (Å²) in [6, 6.07) is 9.80. The molecule has 0 amide bonds. The van der Waals surface area contributed by atoms with Crippen molar-refractivity contribution in [3.05, 3.63) is 47.7 Å². The van der Waals surface area contributed by atoms with Gasteiger partial charge in [-0.05, 0) is 44.5 Å². The molecule has 0 bridgehead atoms. The zero-order chi connectivity index (χ0) is 21.2. The number of nitrogens with zero attached hydrogens (tertiary/aromatic N) is 3. The number of anilines is 3. The lowest BCUT2D eigenvalue weighted by Crippen LogP contribution is -2.52. The van der Waals surface area contributed by atoms with E-state index in [0.717, 1.165) is 12.2 Å². The first kappa shape index (κ1) is 20.9. The van der Waals surface area contributed by atoms with Crippen molar-refractivity contribution in [2.45, 2.75) is 26.8 Å². The minimum atomic E-state index is -3.51. The first-order valence-electron chi connectivity index (χ1n) is 9.52. The summed E-state index contributed by atoms with van der Waals surface area (Å²) in [6.07, 6.45) is 1.37. The number of benzene rings is 1. The van der Waals surface area contributed by atoms with Gasteiger partial charge in [-0.3, -0.25) is 4.72 Å². The number of carboxylic acids is 1. The predicted molar refractivity (Wildman–Crippen MR) is 114 cm³/mol. The molecule has 156 valence electrons. The molecule has 0 unspecified atom stereocenters. The lowest BCUT2D eigenvalue weighted by molar-refractivity contribution is 0.0697. The summed E-state index contributed by atoms with van der Waals surface area (Å²) in [6.45, 7) is 7.63. The molecule has 0 radical (unpaired) electrons. The molecule has 1 saturated heterocycles. The molecule has 9 heteroatoms. The van der Waals surface area contributed by atoms with Gasteiger partial charge < -0.3 is 14.9 Å². The number of aryl methyl sites for hydroxylation is 1. The Morgan fingerprint density at radius 2 is 2.07 bits per heavy atom. The number of aromatic nitrogens is 1. The van der Waals surface area contributed by atoms with E-state index in [1.807, 2.05) is 11.0 Å². The summed E-state index contributed by atoms with van der Waals surface area (Å²) in [5, 5.41) is 9.65. The third-order valence-corrected chi connectivity index (χ3v) is 6.32. The van der Waals surface area contributed by atoms with Crippen LogP contribution < -0.4 is 14.5 Å². The van der Waals surface area contributed by atoms with Crippen LogP contribution in [0.5, 0.6) is 0 Å². The molecule has 3 rings (SSSR count). The van der Waals surface area contributed by atoms with Gasteiger partial charge in [-0.25, -0.2) is 18.2 Å². The maximum absolute atomic E-state index is 11.8. The predicted octanol–water partition coefficient (Wildman–Crippen LogP) is 2.56. The number of pyridine rings is 1. The molecular weight excluding hydrogens is 392 g/mol. The second kappa shape index (κ2) is 8.28. The molecule has 0 saturated carbocycles. The van der Waals surface area contributed by atoms with Crippen molar-refractivity contribution in [3.8, 4) is 0 Å². The highest BCUT2D eigenvalue weighted by molar-refractivity contribution is 7.92. The molecule has 29 heavy (non-hydrogen) atoms. The summed E-state index contributed by atoms with van der Waals surface area (Å²) >= 11 is 0. The highest BCUT2D eigenvalue weighted by Gasteiger charge is 2.28. The van der Waals surface area contributed by atoms with Crippen LogP contribution in [0.4, 0.5) is 17.2 Å². The Morgan fingerprint density at radius 3 is 2.69 bits per heavy atom. The van der Waals surface area contributed by atoms with E-state index in [0.29, 0.717) is 18.9 Å². The van der Waals surface area contributed by atoms with Crippen LogP contribution in [0, 0.1) is 6.92 Å². The van der Waals surface area contributed by atoms with E-state index in [1.165, 1.54) is 24.8 Å². The van der Waals surface area contributed by atoms with E-state index in [2.05, 4.69) is 46.7 Å². The first-order valence-corrected chi connectivity index (χ1v) is 11.2. The van der Waals surface area contributed by atoms with Gasteiger partial charge in [0, 0.05) is 31.4 Å². The molecular formula is C20H26N4O4S. The molecule has 2 N–H and O–H groups in total. The van der Waals surface area contributed by atoms with Gasteiger partial charge in [-0.1, -0.05) is 12.1 Å². The number of nitrogens with one attached hydrogen (secondary N) is 1. The SMILES string of the molecule is CCS(=O)(=O)Nc1cnc(N2CCN(c3cccc(C)c3)[C@@H](C)C2)c(C(=O)O)c1. The van der Waals surface area contributed by atoms with Crippen LogP contribution >= 0.6 is 0 Å². The Balaban J connectivity index is 1.83. The largest absolute Gasteiger partial charge is 0.478 e. The average Bonchev–Trinajstić information content (AvgIpc) is 2.67. The van der Waals surface area contributed by atoms with Crippen LogP contribution in [0.3, 0.4) is 0 Å². The Bertz CT molecular complexity index is 1010. The molecule has 1 aromatic heterocycles. The molecule has 2 aromatic rings. The molecule has 1 fully saturated rings. The summed E-state index contributed by atoms with van der Waals surface area (Å²) < 4.78 is 25.9. The standard InChI is InChI=1S/C20H26N4O4S/c1-4-29(27,28)22-16-11-18(20(25)26)19(21-12-16)23-8-9-24(15(3)13-23)17-7-5-6-14(2)10-17/h5-7,10-12,15,22H,4,8-9,13H2,1-3H3,(H,25,26)/t15-/m0/s1. The molecule has 1 aliphatic rings. The van der Waals surface area contributed by atoms with Gasteiger partial charge >= 0.3 is 5.97 Å². The van der Waals surface area contributed by atoms with Gasteiger partial charge in [0.05, 0.1) is 17.6 Å². The highest BCUT2D eigenvalue weighted by Crippen LogP contribution is 2.27. The number of carboxylic acid groups (broad SMARTS) is 1. The Kier molecular flexibility index (Phi) is 5.97. The van der Waals surface area contributed by atoms with E-state index in [9.17, 15) is 18.3 Å². The van der Waals surface area contributed by atoms with Crippen molar-refractivity contribution >= 4 is 33.2 Å². The number of aromatic carboxylic acids is 1. The number of piperazine rings is 1. The monoisotopic (exact) mass is 418 g/mol. The molecule has 0 spiro atoms. The van der Waals surface area contributed by atoms with Crippen LogP contribution in [0.1, 0.15) is 29.8 Å². The summed E-state index contributed by atoms with van der Waals surface area (Å²) in [4.78, 5) is 20.3. The smallest absolute Gasteiger partial charge is 0.339 e. The van der Waals surface area contributed by atoms with Gasteiger partial charge in [0.1, 0.15) is 11.4 Å². The van der Waals surface area contributed by atoms with Gasteiger partial charge in [-0.2, -0.15) is 0 Å². The minimum absolute atomic E-state index is 0.0162. The van der Waals surface area contributed by atoms with E-state index in [4.69, 9.17) is 0 Å². The van der Waals surface area contributed by atoms with Crippen LogP contribution in [0.15, 0.2) is 36.5 Å². The number of carbonyl (C=O) groups is 1. The fraction of sp³-hybridized carbons (Fsp3) is 0.400. The van der Waals surface area contributed by atoms with Crippen LogP contribution in [0.25, 0.3) is 0 Å². The molecule has 1 atom stereocenters. The molecule has 2 heterocycles. The number of hydrogen-bond donors (Lipinski definition) is 2. The Labute approximate surface area is 171 Å². The first-order chi connectivity index (χ1) is 13.7. The van der Waals surface area contributed by atoms with E-state index >= 15 is 0 Å². The third-order valence-electron chi connectivity index (χ3n) is 5.01. The summed E-state index contributed by atoms with van der Waals surface area (Å²) in [5.74, 6) is -0.887. The lowest BCUT2D eigenvalue weighted by Gasteiger charge is -2.42. The maximum Gasteiger partial charge on any atom is 0.339 e. The topological polar surface area (TPSA) is 103 Å². The minimum Gasteiger partial charge on any atom is -0.478 e. The third kappa shape index (κ3) is 4.79. The number of sulfonamides is 1. The zero-order valence-corrected chi connectivity index (χ0v) is 17.6. The van der Waals surface area contributed by atoms with Crippen molar-refractivity contribution in [1.29, 1.82) is 0 Å². The van der Waals surface area contributed by atoms with Crippen LogP contribution in [-0.4, -0.2) is 55.9 Å². The van der Waals surface area contributed by atoms with Crippen molar-refractivity contribution in [1.82, 2.24) is 4.98 Å². The fourth-order valence-corrected chi connectivity index (χ4v) is 4.13. The van der Waals surface area contributed by atoms with E-state index in [-0.39, 0.29) is 23.0 Å². The van der Waals surface area contributed by atoms with E-state index < -0.39 is 16.0 Å². The normalized spacial score (nSPS) is 17.3. The number of rotatable bonds is 6. The molecule has 1 aromatic carbocycles. The van der Waals surface area contributed by atoms with Crippen molar-refractivity contribution in [3.63, 3.8) is 0 Å². The Hall–Kier alpha value is -2.81. The average molecular weight is 419 g/mol. The lowest BCUT2D eigenvalue weighted by atomic mass is 10.1.